The summed E-state index contributed by atoms with van der Waals surface area (Å²) in [5, 5.41) is 2.78. The van der Waals surface area contributed by atoms with Crippen LogP contribution < -0.4 is 10.1 Å². The van der Waals surface area contributed by atoms with Crippen LogP contribution in [0.5, 0.6) is 5.75 Å². The van der Waals surface area contributed by atoms with Crippen LogP contribution in [0.2, 0.25) is 0 Å². The number of nitrogens with zero attached hydrogens (tertiary/aromatic N) is 2. The molecule has 1 aromatic carbocycles. The van der Waals surface area contributed by atoms with Crippen molar-refractivity contribution in [3.8, 4) is 5.75 Å². The van der Waals surface area contributed by atoms with Crippen LogP contribution in [0.3, 0.4) is 0 Å². The average Bonchev–Trinajstić information content (AvgIpc) is 3.33. The molecule has 0 atom stereocenters. The second-order valence-corrected chi connectivity index (χ2v) is 6.85. The normalized spacial score (nSPS) is 17.0. The summed E-state index contributed by atoms with van der Waals surface area (Å²) in [6.07, 6.45) is 4.40. The smallest absolute Gasteiger partial charge is 0.241 e. The number of hydrogen-bond donors (Lipinski definition) is 1. The molecular formula is C19H27N3O3. The third kappa shape index (κ3) is 5.19. The largest absolute Gasteiger partial charge is 0.497 e. The third-order valence-corrected chi connectivity index (χ3v) is 4.85. The number of benzene rings is 1. The van der Waals surface area contributed by atoms with Gasteiger partial charge in [0.25, 0.3) is 0 Å². The number of nitrogens with one attached hydrogen (secondary N) is 1. The molecule has 0 radical (unpaired) electrons. The maximum atomic E-state index is 12.3. The number of hydrogen-bond acceptors (Lipinski definition) is 4. The van der Waals surface area contributed by atoms with Crippen molar-refractivity contribution in [2.24, 2.45) is 0 Å². The van der Waals surface area contributed by atoms with Crippen molar-refractivity contribution in [2.75, 3.05) is 33.3 Å². The van der Waals surface area contributed by atoms with Crippen LogP contribution in [0.25, 0.3) is 0 Å². The topological polar surface area (TPSA) is 61.9 Å². The SMILES string of the molecule is COc1ccc(CN(CC(=O)NCC(=O)N2CCCC2)C2CC2)cc1. The van der Waals surface area contributed by atoms with Crippen LogP contribution in [-0.2, 0) is 16.1 Å². The van der Waals surface area contributed by atoms with Crippen LogP contribution in [-0.4, -0.2) is 60.9 Å². The first-order valence-electron chi connectivity index (χ1n) is 9.07. The zero-order valence-corrected chi connectivity index (χ0v) is 14.9. The first kappa shape index (κ1) is 17.7. The Balaban J connectivity index is 1.47. The minimum absolute atomic E-state index is 0.0268. The molecule has 1 aliphatic carbocycles. The second-order valence-electron chi connectivity index (χ2n) is 6.85. The lowest BCUT2D eigenvalue weighted by atomic mass is 10.2. The van der Waals surface area contributed by atoms with Crippen molar-refractivity contribution in [3.05, 3.63) is 29.8 Å². The maximum Gasteiger partial charge on any atom is 0.241 e. The van der Waals surface area contributed by atoms with Gasteiger partial charge in [-0.05, 0) is 43.4 Å². The predicted octanol–water partition coefficient (Wildman–Crippen LogP) is 1.40. The van der Waals surface area contributed by atoms with E-state index in [-0.39, 0.29) is 18.4 Å². The summed E-state index contributed by atoms with van der Waals surface area (Å²) >= 11 is 0. The molecule has 136 valence electrons. The number of methoxy groups -OCH3 is 1. The highest BCUT2D eigenvalue weighted by Gasteiger charge is 2.30. The van der Waals surface area contributed by atoms with Crippen molar-refractivity contribution in [1.82, 2.24) is 15.1 Å². The third-order valence-electron chi connectivity index (χ3n) is 4.85. The van der Waals surface area contributed by atoms with Crippen molar-refractivity contribution < 1.29 is 14.3 Å². The molecule has 6 nitrogen and oxygen atoms in total. The Bertz CT molecular complexity index is 592. The number of carbonyl (C=O) groups excluding carboxylic acids is 2. The number of carbonyl (C=O) groups is 2. The average molecular weight is 345 g/mol. The molecule has 0 spiro atoms. The first-order valence-corrected chi connectivity index (χ1v) is 9.07. The van der Waals surface area contributed by atoms with Gasteiger partial charge in [0.15, 0.2) is 0 Å². The van der Waals surface area contributed by atoms with Gasteiger partial charge in [0.2, 0.25) is 11.8 Å². The Labute approximate surface area is 149 Å². The van der Waals surface area contributed by atoms with Gasteiger partial charge in [-0.15, -0.1) is 0 Å². The molecule has 2 amide bonds. The Hall–Kier alpha value is -2.08. The molecular weight excluding hydrogens is 318 g/mol. The van der Waals surface area contributed by atoms with Gasteiger partial charge in [0.05, 0.1) is 20.2 Å². The number of likely N-dealkylation sites (tertiary alicyclic amines) is 1. The van der Waals surface area contributed by atoms with E-state index in [1.807, 2.05) is 29.2 Å². The van der Waals surface area contributed by atoms with E-state index < -0.39 is 0 Å². The van der Waals surface area contributed by atoms with Gasteiger partial charge in [-0.2, -0.15) is 0 Å². The predicted molar refractivity (Wildman–Crippen MR) is 95.2 cm³/mol. The van der Waals surface area contributed by atoms with Crippen molar-refractivity contribution in [2.45, 2.75) is 38.3 Å². The number of rotatable bonds is 8. The summed E-state index contributed by atoms with van der Waals surface area (Å²) in [6, 6.07) is 8.42. The van der Waals surface area contributed by atoms with E-state index in [9.17, 15) is 9.59 Å². The first-order chi connectivity index (χ1) is 12.2. The summed E-state index contributed by atoms with van der Waals surface area (Å²) < 4.78 is 5.18. The lowest BCUT2D eigenvalue weighted by Gasteiger charge is -2.22. The fourth-order valence-electron chi connectivity index (χ4n) is 3.21. The molecule has 6 heteroatoms. The minimum Gasteiger partial charge on any atom is -0.497 e. The molecule has 1 aromatic rings. The highest BCUT2D eigenvalue weighted by atomic mass is 16.5. The molecule has 1 saturated heterocycles. The van der Waals surface area contributed by atoms with Gasteiger partial charge in [-0.1, -0.05) is 12.1 Å². The number of amides is 2. The molecule has 1 N–H and O–H groups in total. The van der Waals surface area contributed by atoms with E-state index in [0.29, 0.717) is 12.6 Å². The maximum absolute atomic E-state index is 12.3. The summed E-state index contributed by atoms with van der Waals surface area (Å²) in [5.41, 5.74) is 1.16. The van der Waals surface area contributed by atoms with Gasteiger partial charge in [0.1, 0.15) is 5.75 Å². The van der Waals surface area contributed by atoms with Crippen LogP contribution in [0.1, 0.15) is 31.2 Å². The van der Waals surface area contributed by atoms with E-state index in [2.05, 4.69) is 10.2 Å². The van der Waals surface area contributed by atoms with E-state index in [4.69, 9.17) is 4.74 Å². The molecule has 1 saturated carbocycles. The second kappa shape index (κ2) is 8.34. The van der Waals surface area contributed by atoms with Crippen molar-refractivity contribution in [1.29, 1.82) is 0 Å². The minimum atomic E-state index is -0.0760. The molecule has 1 aliphatic heterocycles. The highest BCUT2D eigenvalue weighted by molar-refractivity contribution is 5.85. The van der Waals surface area contributed by atoms with Gasteiger partial charge >= 0.3 is 0 Å². The van der Waals surface area contributed by atoms with E-state index in [1.165, 1.54) is 0 Å². The fourth-order valence-corrected chi connectivity index (χ4v) is 3.21. The molecule has 0 aromatic heterocycles. The lowest BCUT2D eigenvalue weighted by molar-refractivity contribution is -0.132. The van der Waals surface area contributed by atoms with Gasteiger partial charge in [-0.25, -0.2) is 0 Å². The van der Waals surface area contributed by atoms with Crippen molar-refractivity contribution in [3.63, 3.8) is 0 Å². The Morgan fingerprint density at radius 2 is 1.88 bits per heavy atom. The zero-order valence-electron chi connectivity index (χ0n) is 14.9. The zero-order chi connectivity index (χ0) is 17.6. The molecule has 0 unspecified atom stereocenters. The molecule has 2 aliphatic rings. The lowest BCUT2D eigenvalue weighted by Crippen LogP contribution is -2.43. The molecule has 1 heterocycles. The van der Waals surface area contributed by atoms with Crippen LogP contribution in [0, 0.1) is 0 Å². The number of ether oxygens (including phenoxy) is 1. The van der Waals surface area contributed by atoms with E-state index >= 15 is 0 Å². The standard InChI is InChI=1S/C19H27N3O3/c1-25-17-8-4-15(5-9-17)13-22(16-6-7-16)14-18(23)20-12-19(24)21-10-2-3-11-21/h4-5,8-9,16H,2-3,6-7,10-14H2,1H3,(H,20,23). The van der Waals surface area contributed by atoms with E-state index in [0.717, 1.165) is 56.6 Å². The molecule has 0 bridgehead atoms. The summed E-state index contributed by atoms with van der Waals surface area (Å²) in [6.45, 7) is 2.83. The van der Waals surface area contributed by atoms with Crippen LogP contribution >= 0.6 is 0 Å². The van der Waals surface area contributed by atoms with Crippen LogP contribution in [0.4, 0.5) is 0 Å². The highest BCUT2D eigenvalue weighted by Crippen LogP contribution is 2.28. The summed E-state index contributed by atoms with van der Waals surface area (Å²) in [4.78, 5) is 28.3. The Kier molecular flexibility index (Phi) is 5.91. The van der Waals surface area contributed by atoms with E-state index in [1.54, 1.807) is 7.11 Å². The fraction of sp³-hybridized carbons (Fsp3) is 0.579. The Morgan fingerprint density at radius 1 is 1.20 bits per heavy atom. The van der Waals surface area contributed by atoms with Crippen molar-refractivity contribution >= 4 is 11.8 Å². The van der Waals surface area contributed by atoms with Gasteiger partial charge < -0.3 is 15.0 Å². The summed E-state index contributed by atoms with van der Waals surface area (Å²) in [7, 11) is 1.65. The summed E-state index contributed by atoms with van der Waals surface area (Å²) in [5.74, 6) is 0.784. The van der Waals surface area contributed by atoms with Crippen LogP contribution in [0.15, 0.2) is 24.3 Å². The molecule has 3 rings (SSSR count). The Morgan fingerprint density at radius 3 is 2.48 bits per heavy atom. The molecule has 25 heavy (non-hydrogen) atoms. The quantitative estimate of drug-likeness (QED) is 0.774. The monoisotopic (exact) mass is 345 g/mol. The van der Waals surface area contributed by atoms with Gasteiger partial charge in [0, 0.05) is 25.7 Å². The van der Waals surface area contributed by atoms with Gasteiger partial charge in [-0.3, -0.25) is 14.5 Å². The molecule has 2 fully saturated rings.